The van der Waals surface area contributed by atoms with E-state index in [2.05, 4.69) is 0 Å². The standard InChI is InChI=1S/C17H11FOS/c18-16-6-3-7-17(15(16)11-19)20-14-9-8-12-4-1-2-5-13(12)10-14/h1-11H. The molecule has 0 spiro atoms. The van der Waals surface area contributed by atoms with Gasteiger partial charge in [0.15, 0.2) is 6.29 Å². The molecule has 0 saturated carbocycles. The molecule has 3 aromatic rings. The average Bonchev–Trinajstić information content (AvgIpc) is 2.47. The first-order chi connectivity index (χ1) is 9.78. The smallest absolute Gasteiger partial charge is 0.154 e. The summed E-state index contributed by atoms with van der Waals surface area (Å²) < 4.78 is 13.6. The second-order valence-corrected chi connectivity index (χ2v) is 5.50. The number of carbonyl (C=O) groups is 1. The van der Waals surface area contributed by atoms with E-state index >= 15 is 0 Å². The molecule has 3 rings (SSSR count). The van der Waals surface area contributed by atoms with Gasteiger partial charge in [0, 0.05) is 9.79 Å². The molecule has 0 saturated heterocycles. The summed E-state index contributed by atoms with van der Waals surface area (Å²) in [5.74, 6) is -0.481. The molecular weight excluding hydrogens is 271 g/mol. The van der Waals surface area contributed by atoms with Crippen LogP contribution in [0.3, 0.4) is 0 Å². The van der Waals surface area contributed by atoms with Crippen LogP contribution in [0.25, 0.3) is 10.8 Å². The fraction of sp³-hybridized carbons (Fsp3) is 0. The molecule has 0 unspecified atom stereocenters. The van der Waals surface area contributed by atoms with Crippen molar-refractivity contribution in [2.45, 2.75) is 9.79 Å². The van der Waals surface area contributed by atoms with Gasteiger partial charge in [0.1, 0.15) is 5.82 Å². The lowest BCUT2D eigenvalue weighted by Gasteiger charge is -2.06. The van der Waals surface area contributed by atoms with Crippen molar-refractivity contribution >= 4 is 28.8 Å². The molecule has 3 aromatic carbocycles. The lowest BCUT2D eigenvalue weighted by Crippen LogP contribution is -1.90. The van der Waals surface area contributed by atoms with Crippen molar-refractivity contribution in [3.8, 4) is 0 Å². The Bertz CT molecular complexity index is 783. The molecule has 1 nitrogen and oxygen atoms in total. The van der Waals surface area contributed by atoms with Gasteiger partial charge in [-0.1, -0.05) is 48.2 Å². The fourth-order valence-corrected chi connectivity index (χ4v) is 3.06. The zero-order valence-electron chi connectivity index (χ0n) is 10.5. The van der Waals surface area contributed by atoms with Gasteiger partial charge in [-0.25, -0.2) is 4.39 Å². The van der Waals surface area contributed by atoms with Gasteiger partial charge in [0.2, 0.25) is 0 Å². The number of hydrogen-bond acceptors (Lipinski definition) is 2. The van der Waals surface area contributed by atoms with Crippen LogP contribution in [0.5, 0.6) is 0 Å². The van der Waals surface area contributed by atoms with E-state index in [0.717, 1.165) is 15.7 Å². The Kier molecular flexibility index (Phi) is 3.52. The number of benzene rings is 3. The minimum absolute atomic E-state index is 0.116. The van der Waals surface area contributed by atoms with Gasteiger partial charge in [-0.3, -0.25) is 4.79 Å². The molecule has 0 fully saturated rings. The van der Waals surface area contributed by atoms with E-state index in [4.69, 9.17) is 0 Å². The van der Waals surface area contributed by atoms with Gasteiger partial charge in [-0.2, -0.15) is 0 Å². The summed E-state index contributed by atoms with van der Waals surface area (Å²) in [5.41, 5.74) is 0.116. The molecule has 0 aliphatic rings. The number of fused-ring (bicyclic) bond motifs is 1. The minimum atomic E-state index is -0.481. The van der Waals surface area contributed by atoms with Crippen molar-refractivity contribution < 1.29 is 9.18 Å². The molecule has 98 valence electrons. The van der Waals surface area contributed by atoms with Crippen molar-refractivity contribution in [3.63, 3.8) is 0 Å². The SMILES string of the molecule is O=Cc1c(F)cccc1Sc1ccc2ccccc2c1. The normalized spacial score (nSPS) is 10.7. The number of halogens is 1. The lowest BCUT2D eigenvalue weighted by atomic mass is 10.1. The fourth-order valence-electron chi connectivity index (χ4n) is 2.08. The van der Waals surface area contributed by atoms with E-state index in [0.29, 0.717) is 11.2 Å². The van der Waals surface area contributed by atoms with E-state index in [1.54, 1.807) is 12.1 Å². The molecule has 0 atom stereocenters. The average molecular weight is 282 g/mol. The first-order valence-electron chi connectivity index (χ1n) is 6.18. The van der Waals surface area contributed by atoms with Crippen molar-refractivity contribution in [1.29, 1.82) is 0 Å². The zero-order chi connectivity index (χ0) is 13.9. The van der Waals surface area contributed by atoms with Crippen LogP contribution in [0, 0.1) is 5.82 Å². The molecule has 0 bridgehead atoms. The Hall–Kier alpha value is -2.13. The van der Waals surface area contributed by atoms with Gasteiger partial charge in [-0.15, -0.1) is 0 Å². The third-order valence-electron chi connectivity index (χ3n) is 3.08. The van der Waals surface area contributed by atoms with Crippen molar-refractivity contribution in [2.75, 3.05) is 0 Å². The third kappa shape index (κ3) is 2.45. The molecule has 0 amide bonds. The first kappa shape index (κ1) is 12.9. The highest BCUT2D eigenvalue weighted by Crippen LogP contribution is 2.32. The van der Waals surface area contributed by atoms with E-state index < -0.39 is 5.82 Å². The molecule has 0 heterocycles. The lowest BCUT2D eigenvalue weighted by molar-refractivity contribution is 0.111. The van der Waals surface area contributed by atoms with Crippen LogP contribution in [-0.2, 0) is 0 Å². The Labute approximate surface area is 120 Å². The maximum atomic E-state index is 13.6. The molecule has 20 heavy (non-hydrogen) atoms. The van der Waals surface area contributed by atoms with Gasteiger partial charge in [0.05, 0.1) is 5.56 Å². The number of hydrogen-bond donors (Lipinski definition) is 0. The monoisotopic (exact) mass is 282 g/mol. The highest BCUT2D eigenvalue weighted by Gasteiger charge is 2.09. The predicted molar refractivity (Wildman–Crippen MR) is 79.9 cm³/mol. The zero-order valence-corrected chi connectivity index (χ0v) is 11.4. The minimum Gasteiger partial charge on any atom is -0.298 e. The summed E-state index contributed by atoms with van der Waals surface area (Å²) in [7, 11) is 0. The molecule has 0 aromatic heterocycles. The first-order valence-corrected chi connectivity index (χ1v) is 7.00. The van der Waals surface area contributed by atoms with Crippen LogP contribution in [0.15, 0.2) is 70.5 Å². The summed E-state index contributed by atoms with van der Waals surface area (Å²) in [4.78, 5) is 12.6. The Balaban J connectivity index is 2.01. The largest absolute Gasteiger partial charge is 0.298 e. The summed E-state index contributed by atoms with van der Waals surface area (Å²) in [6.07, 6.45) is 0.568. The second kappa shape index (κ2) is 5.47. The highest BCUT2D eigenvalue weighted by atomic mass is 32.2. The maximum absolute atomic E-state index is 13.6. The summed E-state index contributed by atoms with van der Waals surface area (Å²) in [6.45, 7) is 0. The van der Waals surface area contributed by atoms with Gasteiger partial charge in [0.25, 0.3) is 0 Å². The van der Waals surface area contributed by atoms with E-state index in [1.807, 2.05) is 42.5 Å². The van der Waals surface area contributed by atoms with Crippen molar-refractivity contribution in [2.24, 2.45) is 0 Å². The van der Waals surface area contributed by atoms with E-state index in [9.17, 15) is 9.18 Å². The van der Waals surface area contributed by atoms with Gasteiger partial charge >= 0.3 is 0 Å². The quantitative estimate of drug-likeness (QED) is 0.633. The van der Waals surface area contributed by atoms with Crippen molar-refractivity contribution in [1.82, 2.24) is 0 Å². The van der Waals surface area contributed by atoms with Crippen LogP contribution in [0.2, 0.25) is 0 Å². The summed E-state index contributed by atoms with van der Waals surface area (Å²) in [5, 5.41) is 2.29. The number of aldehydes is 1. The Morgan fingerprint density at radius 2 is 1.70 bits per heavy atom. The predicted octanol–water partition coefficient (Wildman–Crippen LogP) is 4.94. The van der Waals surface area contributed by atoms with Crippen LogP contribution >= 0.6 is 11.8 Å². The highest BCUT2D eigenvalue weighted by molar-refractivity contribution is 7.99. The van der Waals surface area contributed by atoms with E-state index in [1.165, 1.54) is 17.8 Å². The molecular formula is C17H11FOS. The molecule has 0 radical (unpaired) electrons. The summed E-state index contributed by atoms with van der Waals surface area (Å²) in [6, 6.07) is 18.8. The topological polar surface area (TPSA) is 17.1 Å². The van der Waals surface area contributed by atoms with Crippen LogP contribution in [0.1, 0.15) is 10.4 Å². The number of rotatable bonds is 3. The van der Waals surface area contributed by atoms with Crippen molar-refractivity contribution in [3.05, 3.63) is 72.0 Å². The van der Waals surface area contributed by atoms with E-state index in [-0.39, 0.29) is 5.56 Å². The van der Waals surface area contributed by atoms with Crippen LogP contribution in [0.4, 0.5) is 4.39 Å². The maximum Gasteiger partial charge on any atom is 0.154 e. The van der Waals surface area contributed by atoms with Gasteiger partial charge < -0.3 is 0 Å². The van der Waals surface area contributed by atoms with Gasteiger partial charge in [-0.05, 0) is 35.0 Å². The summed E-state index contributed by atoms with van der Waals surface area (Å²) >= 11 is 1.40. The van der Waals surface area contributed by atoms with Crippen LogP contribution in [-0.4, -0.2) is 6.29 Å². The molecule has 0 N–H and O–H groups in total. The molecule has 0 aliphatic heterocycles. The number of carbonyl (C=O) groups excluding carboxylic acids is 1. The molecule has 3 heteroatoms. The second-order valence-electron chi connectivity index (χ2n) is 4.38. The Morgan fingerprint density at radius 1 is 0.900 bits per heavy atom. The molecule has 0 aliphatic carbocycles. The van der Waals surface area contributed by atoms with Crippen LogP contribution < -0.4 is 0 Å². The third-order valence-corrected chi connectivity index (χ3v) is 4.15. The Morgan fingerprint density at radius 3 is 2.50 bits per heavy atom.